The molecular weight excluding hydrogens is 344 g/mol. The Morgan fingerprint density at radius 2 is 1.85 bits per heavy atom. The van der Waals surface area contributed by atoms with Gasteiger partial charge in [-0.15, -0.1) is 0 Å². The molecule has 2 aromatic carbocycles. The van der Waals surface area contributed by atoms with E-state index in [-0.39, 0.29) is 37.6 Å². The van der Waals surface area contributed by atoms with Crippen LogP contribution in [-0.2, 0) is 16.0 Å². The first-order valence-corrected chi connectivity index (χ1v) is 9.06. The maximum absolute atomic E-state index is 12.8. The number of benzene rings is 2. The summed E-state index contributed by atoms with van der Waals surface area (Å²) in [6.07, 6.45) is 0.235. The summed E-state index contributed by atoms with van der Waals surface area (Å²) >= 11 is 0. The number of rotatable bonds is 3. The van der Waals surface area contributed by atoms with E-state index in [0.29, 0.717) is 18.0 Å². The maximum atomic E-state index is 12.8. The minimum Gasteiger partial charge on any atom is -0.454 e. The number of carbonyl (C=O) groups is 2. The molecule has 6 heteroatoms. The van der Waals surface area contributed by atoms with Crippen molar-refractivity contribution in [3.8, 4) is 11.5 Å². The zero-order valence-electron chi connectivity index (χ0n) is 15.5. The number of carbonyl (C=O) groups excluding carboxylic acids is 2. The van der Waals surface area contributed by atoms with E-state index < -0.39 is 0 Å². The molecule has 4 rings (SSSR count). The number of hydrogen-bond donors (Lipinski definition) is 0. The Morgan fingerprint density at radius 3 is 2.63 bits per heavy atom. The highest BCUT2D eigenvalue weighted by Crippen LogP contribution is 2.32. The standard InChI is InChI=1S/C21H22N2O4/c1-14-3-6-17(7-4-14)23-11-15(2)22(12-21(23)25)20(24)10-16-5-8-18-19(9-16)27-13-26-18/h3-9,15H,10-13H2,1-2H3/t15-/m0/s1. The van der Waals surface area contributed by atoms with Crippen molar-refractivity contribution in [3.63, 3.8) is 0 Å². The Balaban J connectivity index is 1.44. The fourth-order valence-corrected chi connectivity index (χ4v) is 3.49. The number of fused-ring (bicyclic) bond motifs is 1. The number of amides is 2. The van der Waals surface area contributed by atoms with Crippen molar-refractivity contribution in [2.45, 2.75) is 26.3 Å². The third-order valence-electron chi connectivity index (χ3n) is 5.04. The number of ether oxygens (including phenoxy) is 2. The molecular formula is C21H22N2O4. The molecule has 6 nitrogen and oxygen atoms in total. The minimum atomic E-state index is -0.0593. The van der Waals surface area contributed by atoms with Crippen LogP contribution in [0, 0.1) is 6.92 Å². The summed E-state index contributed by atoms with van der Waals surface area (Å²) in [7, 11) is 0. The van der Waals surface area contributed by atoms with E-state index in [9.17, 15) is 9.59 Å². The smallest absolute Gasteiger partial charge is 0.246 e. The van der Waals surface area contributed by atoms with Crippen molar-refractivity contribution in [2.75, 3.05) is 24.8 Å². The van der Waals surface area contributed by atoms with Crippen molar-refractivity contribution in [3.05, 3.63) is 53.6 Å². The summed E-state index contributed by atoms with van der Waals surface area (Å²) < 4.78 is 10.7. The Bertz CT molecular complexity index is 878. The van der Waals surface area contributed by atoms with E-state index in [1.54, 1.807) is 9.80 Å². The van der Waals surface area contributed by atoms with Crippen molar-refractivity contribution in [1.82, 2.24) is 4.90 Å². The summed E-state index contributed by atoms with van der Waals surface area (Å²) in [5.74, 6) is 1.24. The van der Waals surface area contributed by atoms with Crippen molar-refractivity contribution < 1.29 is 19.1 Å². The second-order valence-electron chi connectivity index (χ2n) is 7.07. The number of aryl methyl sites for hydroxylation is 1. The van der Waals surface area contributed by atoms with E-state index in [0.717, 1.165) is 16.8 Å². The molecule has 0 aliphatic carbocycles. The van der Waals surface area contributed by atoms with Gasteiger partial charge in [-0.3, -0.25) is 9.59 Å². The normalized spacial score (nSPS) is 18.7. The lowest BCUT2D eigenvalue weighted by Crippen LogP contribution is -2.57. The number of anilines is 1. The van der Waals surface area contributed by atoms with Crippen LogP contribution in [0.4, 0.5) is 5.69 Å². The van der Waals surface area contributed by atoms with Gasteiger partial charge in [0, 0.05) is 18.3 Å². The van der Waals surface area contributed by atoms with Crippen LogP contribution in [0.1, 0.15) is 18.1 Å². The molecule has 1 saturated heterocycles. The molecule has 0 spiro atoms. The Labute approximate surface area is 158 Å². The third-order valence-corrected chi connectivity index (χ3v) is 5.04. The van der Waals surface area contributed by atoms with Gasteiger partial charge in [0.25, 0.3) is 0 Å². The molecule has 0 unspecified atom stereocenters. The monoisotopic (exact) mass is 366 g/mol. The van der Waals surface area contributed by atoms with Crippen LogP contribution in [-0.4, -0.2) is 42.6 Å². The van der Waals surface area contributed by atoms with E-state index in [2.05, 4.69) is 0 Å². The van der Waals surface area contributed by atoms with Crippen LogP contribution in [0.5, 0.6) is 11.5 Å². The van der Waals surface area contributed by atoms with E-state index >= 15 is 0 Å². The summed E-state index contributed by atoms with van der Waals surface area (Å²) in [4.78, 5) is 28.9. The van der Waals surface area contributed by atoms with Gasteiger partial charge in [-0.2, -0.15) is 0 Å². The number of hydrogen-bond acceptors (Lipinski definition) is 4. The molecule has 1 fully saturated rings. The zero-order chi connectivity index (χ0) is 19.0. The molecule has 0 bridgehead atoms. The summed E-state index contributed by atoms with van der Waals surface area (Å²) in [6.45, 7) is 4.79. The third kappa shape index (κ3) is 3.47. The molecule has 140 valence electrons. The molecule has 2 aromatic rings. The van der Waals surface area contributed by atoms with Crippen LogP contribution < -0.4 is 14.4 Å². The highest BCUT2D eigenvalue weighted by Gasteiger charge is 2.33. The second-order valence-corrected chi connectivity index (χ2v) is 7.07. The number of nitrogens with zero attached hydrogens (tertiary/aromatic N) is 2. The van der Waals surface area contributed by atoms with E-state index in [1.807, 2.05) is 56.3 Å². The molecule has 2 aliphatic rings. The Morgan fingerprint density at radius 1 is 1.11 bits per heavy atom. The van der Waals surface area contributed by atoms with Crippen LogP contribution in [0.15, 0.2) is 42.5 Å². The molecule has 0 N–H and O–H groups in total. The van der Waals surface area contributed by atoms with Crippen molar-refractivity contribution in [1.29, 1.82) is 0 Å². The topological polar surface area (TPSA) is 59.1 Å². The Hall–Kier alpha value is -3.02. The fourth-order valence-electron chi connectivity index (χ4n) is 3.49. The van der Waals surface area contributed by atoms with Gasteiger partial charge in [-0.05, 0) is 43.7 Å². The summed E-state index contributed by atoms with van der Waals surface area (Å²) in [5.41, 5.74) is 2.88. The first kappa shape index (κ1) is 17.4. The van der Waals surface area contributed by atoms with Crippen LogP contribution >= 0.6 is 0 Å². The largest absolute Gasteiger partial charge is 0.454 e. The summed E-state index contributed by atoms with van der Waals surface area (Å²) in [6, 6.07) is 13.3. The first-order chi connectivity index (χ1) is 13.0. The van der Waals surface area contributed by atoms with Crippen molar-refractivity contribution >= 4 is 17.5 Å². The highest BCUT2D eigenvalue weighted by molar-refractivity contribution is 5.98. The average Bonchev–Trinajstić information content (AvgIpc) is 3.12. The molecule has 0 radical (unpaired) electrons. The lowest BCUT2D eigenvalue weighted by atomic mass is 10.1. The SMILES string of the molecule is Cc1ccc(N2C[C@H](C)N(C(=O)Cc3ccc4c(c3)OCO4)CC2=O)cc1. The van der Waals surface area contributed by atoms with E-state index in [4.69, 9.17) is 9.47 Å². The molecule has 0 aromatic heterocycles. The van der Waals surface area contributed by atoms with Crippen LogP contribution in [0.25, 0.3) is 0 Å². The van der Waals surface area contributed by atoms with Gasteiger partial charge >= 0.3 is 0 Å². The van der Waals surface area contributed by atoms with Gasteiger partial charge in [-0.1, -0.05) is 23.8 Å². The zero-order valence-corrected chi connectivity index (χ0v) is 15.5. The van der Waals surface area contributed by atoms with Gasteiger partial charge in [-0.25, -0.2) is 0 Å². The quantitative estimate of drug-likeness (QED) is 0.838. The van der Waals surface area contributed by atoms with Crippen molar-refractivity contribution in [2.24, 2.45) is 0 Å². The molecule has 2 aliphatic heterocycles. The number of piperazine rings is 1. The highest BCUT2D eigenvalue weighted by atomic mass is 16.7. The molecule has 2 amide bonds. The molecule has 0 saturated carbocycles. The molecule has 1 atom stereocenters. The molecule has 2 heterocycles. The molecule has 27 heavy (non-hydrogen) atoms. The van der Waals surface area contributed by atoms with Gasteiger partial charge in [0.15, 0.2) is 11.5 Å². The predicted octanol–water partition coefficient (Wildman–Crippen LogP) is 2.53. The van der Waals surface area contributed by atoms with Gasteiger partial charge in [0.05, 0.1) is 6.42 Å². The predicted molar refractivity (Wildman–Crippen MR) is 101 cm³/mol. The lowest BCUT2D eigenvalue weighted by Gasteiger charge is -2.39. The fraction of sp³-hybridized carbons (Fsp3) is 0.333. The minimum absolute atomic E-state index is 0.0505. The second kappa shape index (κ2) is 6.95. The van der Waals surface area contributed by atoms with Crippen LogP contribution in [0.3, 0.4) is 0 Å². The first-order valence-electron chi connectivity index (χ1n) is 9.06. The Kier molecular flexibility index (Phi) is 4.48. The van der Waals surface area contributed by atoms with Gasteiger partial charge in [0.2, 0.25) is 18.6 Å². The van der Waals surface area contributed by atoms with Gasteiger partial charge < -0.3 is 19.3 Å². The van der Waals surface area contributed by atoms with Crippen LogP contribution in [0.2, 0.25) is 0 Å². The average molecular weight is 366 g/mol. The van der Waals surface area contributed by atoms with E-state index in [1.165, 1.54) is 0 Å². The summed E-state index contributed by atoms with van der Waals surface area (Å²) in [5, 5.41) is 0. The van der Waals surface area contributed by atoms with Gasteiger partial charge in [0.1, 0.15) is 6.54 Å². The lowest BCUT2D eigenvalue weighted by molar-refractivity contribution is -0.138. The maximum Gasteiger partial charge on any atom is 0.246 e.